The summed E-state index contributed by atoms with van der Waals surface area (Å²) < 4.78 is 0. The van der Waals surface area contributed by atoms with Gasteiger partial charge < -0.3 is 5.32 Å². The number of pyridine rings is 1. The third kappa shape index (κ3) is 3.11. The third-order valence-corrected chi connectivity index (χ3v) is 3.39. The first-order chi connectivity index (χ1) is 9.26. The van der Waals surface area contributed by atoms with Crippen LogP contribution in [0.25, 0.3) is 10.9 Å². The van der Waals surface area contributed by atoms with Crippen molar-refractivity contribution in [3.63, 3.8) is 0 Å². The maximum Gasteiger partial charge on any atom is 0.227 e. The van der Waals surface area contributed by atoms with Crippen molar-refractivity contribution in [2.75, 3.05) is 5.32 Å². The van der Waals surface area contributed by atoms with E-state index >= 15 is 0 Å². The molecule has 3 heteroatoms. The lowest BCUT2D eigenvalue weighted by Gasteiger charge is -2.14. The van der Waals surface area contributed by atoms with Gasteiger partial charge in [-0.15, -0.1) is 0 Å². The standard InChI is InChI=1S/C16H20N2O/c1-3-7-12(4-2)16(19)18-14-10-5-8-13-9-6-11-17-15(13)14/h5-6,8-12H,3-4,7H2,1-2H3,(H,18,19). The lowest BCUT2D eigenvalue weighted by Crippen LogP contribution is -2.22. The highest BCUT2D eigenvalue weighted by molar-refractivity contribution is 6.00. The van der Waals surface area contributed by atoms with E-state index in [9.17, 15) is 4.79 Å². The number of hydrogen-bond donors (Lipinski definition) is 1. The Morgan fingerprint density at radius 1 is 1.26 bits per heavy atom. The van der Waals surface area contributed by atoms with Crippen molar-refractivity contribution in [1.82, 2.24) is 4.98 Å². The zero-order valence-corrected chi connectivity index (χ0v) is 11.5. The monoisotopic (exact) mass is 256 g/mol. The second kappa shape index (κ2) is 6.32. The number of carbonyl (C=O) groups is 1. The van der Waals surface area contributed by atoms with Crippen LogP contribution in [0.5, 0.6) is 0 Å². The maximum atomic E-state index is 12.2. The molecule has 0 radical (unpaired) electrons. The van der Waals surface area contributed by atoms with E-state index in [4.69, 9.17) is 0 Å². The molecule has 0 bridgehead atoms. The molecule has 3 nitrogen and oxygen atoms in total. The van der Waals surface area contributed by atoms with E-state index in [2.05, 4.69) is 24.1 Å². The fourth-order valence-corrected chi connectivity index (χ4v) is 2.31. The second-order valence-corrected chi connectivity index (χ2v) is 4.76. The van der Waals surface area contributed by atoms with Crippen LogP contribution >= 0.6 is 0 Å². The first kappa shape index (κ1) is 13.5. The minimum Gasteiger partial charge on any atom is -0.324 e. The third-order valence-electron chi connectivity index (χ3n) is 3.39. The molecule has 1 N–H and O–H groups in total. The highest BCUT2D eigenvalue weighted by atomic mass is 16.1. The molecular weight excluding hydrogens is 236 g/mol. The Morgan fingerprint density at radius 3 is 2.79 bits per heavy atom. The molecule has 0 aliphatic rings. The molecule has 1 amide bonds. The summed E-state index contributed by atoms with van der Waals surface area (Å²) in [6, 6.07) is 9.76. The van der Waals surface area contributed by atoms with E-state index in [0.717, 1.165) is 35.9 Å². The first-order valence-electron chi connectivity index (χ1n) is 6.90. The van der Waals surface area contributed by atoms with Gasteiger partial charge in [0, 0.05) is 17.5 Å². The molecule has 19 heavy (non-hydrogen) atoms. The second-order valence-electron chi connectivity index (χ2n) is 4.76. The van der Waals surface area contributed by atoms with Gasteiger partial charge in [0.1, 0.15) is 0 Å². The van der Waals surface area contributed by atoms with Gasteiger partial charge in [-0.1, -0.05) is 38.5 Å². The van der Waals surface area contributed by atoms with Gasteiger partial charge in [-0.05, 0) is 25.0 Å². The summed E-state index contributed by atoms with van der Waals surface area (Å²) in [6.07, 6.45) is 4.58. The van der Waals surface area contributed by atoms with E-state index in [1.807, 2.05) is 30.3 Å². The Morgan fingerprint density at radius 2 is 2.05 bits per heavy atom. The van der Waals surface area contributed by atoms with Crippen LogP contribution in [0.2, 0.25) is 0 Å². The average molecular weight is 256 g/mol. The molecular formula is C16H20N2O. The summed E-state index contributed by atoms with van der Waals surface area (Å²) in [6.45, 7) is 4.16. The molecule has 100 valence electrons. The van der Waals surface area contributed by atoms with Gasteiger partial charge in [0.2, 0.25) is 5.91 Å². The number of carbonyl (C=O) groups excluding carboxylic acids is 1. The van der Waals surface area contributed by atoms with E-state index in [1.54, 1.807) is 6.20 Å². The number of nitrogens with one attached hydrogen (secondary N) is 1. The van der Waals surface area contributed by atoms with Gasteiger partial charge in [0.15, 0.2) is 0 Å². The van der Waals surface area contributed by atoms with Gasteiger partial charge in [-0.3, -0.25) is 9.78 Å². The minimum absolute atomic E-state index is 0.0870. The quantitative estimate of drug-likeness (QED) is 0.878. The van der Waals surface area contributed by atoms with Gasteiger partial charge in [0.05, 0.1) is 11.2 Å². The molecule has 2 aromatic rings. The van der Waals surface area contributed by atoms with E-state index < -0.39 is 0 Å². The number of anilines is 1. The van der Waals surface area contributed by atoms with Gasteiger partial charge in [-0.2, -0.15) is 0 Å². The minimum atomic E-state index is 0.0870. The molecule has 2 rings (SSSR count). The van der Waals surface area contributed by atoms with Crippen LogP contribution in [0.4, 0.5) is 5.69 Å². The maximum absolute atomic E-state index is 12.2. The SMILES string of the molecule is CCCC(CC)C(=O)Nc1cccc2cccnc12. The highest BCUT2D eigenvalue weighted by Crippen LogP contribution is 2.22. The van der Waals surface area contributed by atoms with Crippen molar-refractivity contribution in [2.24, 2.45) is 5.92 Å². The summed E-state index contributed by atoms with van der Waals surface area (Å²) in [5.74, 6) is 0.187. The highest BCUT2D eigenvalue weighted by Gasteiger charge is 2.16. The smallest absolute Gasteiger partial charge is 0.227 e. The summed E-state index contributed by atoms with van der Waals surface area (Å²) in [5, 5.41) is 4.06. The number of nitrogens with zero attached hydrogens (tertiary/aromatic N) is 1. The number of aromatic nitrogens is 1. The van der Waals surface area contributed by atoms with Crippen molar-refractivity contribution in [3.05, 3.63) is 36.5 Å². The van der Waals surface area contributed by atoms with Crippen LogP contribution < -0.4 is 5.32 Å². The average Bonchev–Trinajstić information content (AvgIpc) is 2.45. The molecule has 1 aromatic carbocycles. The topological polar surface area (TPSA) is 42.0 Å². The van der Waals surface area contributed by atoms with Crippen molar-refractivity contribution in [1.29, 1.82) is 0 Å². The molecule has 0 aliphatic heterocycles. The summed E-state index contributed by atoms with van der Waals surface area (Å²) in [4.78, 5) is 16.6. The number of hydrogen-bond acceptors (Lipinski definition) is 2. The molecule has 0 fully saturated rings. The van der Waals surface area contributed by atoms with Crippen LogP contribution in [0.15, 0.2) is 36.5 Å². The number of amides is 1. The number of para-hydroxylation sites is 1. The largest absolute Gasteiger partial charge is 0.324 e. The lowest BCUT2D eigenvalue weighted by molar-refractivity contribution is -0.120. The fraction of sp³-hybridized carbons (Fsp3) is 0.375. The summed E-state index contributed by atoms with van der Waals surface area (Å²) in [5.41, 5.74) is 1.65. The number of benzene rings is 1. The van der Waals surface area contributed by atoms with E-state index in [0.29, 0.717) is 0 Å². The van der Waals surface area contributed by atoms with Crippen LogP contribution in [0, 0.1) is 5.92 Å². The van der Waals surface area contributed by atoms with Crippen molar-refractivity contribution >= 4 is 22.5 Å². The Kier molecular flexibility index (Phi) is 4.50. The van der Waals surface area contributed by atoms with Crippen molar-refractivity contribution in [2.45, 2.75) is 33.1 Å². The van der Waals surface area contributed by atoms with Crippen LogP contribution in [-0.4, -0.2) is 10.9 Å². The normalized spacial score (nSPS) is 12.3. The molecule has 0 spiro atoms. The van der Waals surface area contributed by atoms with Crippen molar-refractivity contribution in [3.8, 4) is 0 Å². The first-order valence-corrected chi connectivity index (χ1v) is 6.90. The molecule has 0 aliphatic carbocycles. The Bertz CT molecular complexity index is 560. The predicted molar refractivity (Wildman–Crippen MR) is 79.1 cm³/mol. The van der Waals surface area contributed by atoms with E-state index in [-0.39, 0.29) is 11.8 Å². The van der Waals surface area contributed by atoms with E-state index in [1.165, 1.54) is 0 Å². The predicted octanol–water partition coefficient (Wildman–Crippen LogP) is 4.00. The Balaban J connectivity index is 2.23. The molecule has 1 heterocycles. The number of fused-ring (bicyclic) bond motifs is 1. The van der Waals surface area contributed by atoms with Gasteiger partial charge >= 0.3 is 0 Å². The Labute approximate surface area is 114 Å². The lowest BCUT2D eigenvalue weighted by atomic mass is 9.99. The summed E-state index contributed by atoms with van der Waals surface area (Å²) in [7, 11) is 0. The molecule has 1 aromatic heterocycles. The van der Waals surface area contributed by atoms with Crippen LogP contribution in [0.3, 0.4) is 0 Å². The molecule has 0 saturated carbocycles. The van der Waals surface area contributed by atoms with Crippen molar-refractivity contribution < 1.29 is 4.79 Å². The Hall–Kier alpha value is -1.90. The zero-order valence-electron chi connectivity index (χ0n) is 11.5. The summed E-state index contributed by atoms with van der Waals surface area (Å²) >= 11 is 0. The van der Waals surface area contributed by atoms with Gasteiger partial charge in [0.25, 0.3) is 0 Å². The zero-order chi connectivity index (χ0) is 13.7. The number of rotatable bonds is 5. The van der Waals surface area contributed by atoms with Crippen LogP contribution in [-0.2, 0) is 4.79 Å². The van der Waals surface area contributed by atoms with Gasteiger partial charge in [-0.25, -0.2) is 0 Å². The molecule has 1 atom stereocenters. The molecule has 1 unspecified atom stereocenters. The fourth-order valence-electron chi connectivity index (χ4n) is 2.31. The molecule has 0 saturated heterocycles. The van der Waals surface area contributed by atoms with Crippen LogP contribution in [0.1, 0.15) is 33.1 Å².